The Bertz CT molecular complexity index is 1260. The lowest BCUT2D eigenvalue weighted by Gasteiger charge is -2.25. The minimum atomic E-state index is -0.841. The Kier molecular flexibility index (Phi) is 5.97. The number of hydrogen-bond donors (Lipinski definition) is 2. The number of ketones is 1. The van der Waals surface area contributed by atoms with Crippen molar-refractivity contribution in [1.82, 2.24) is 9.88 Å². The fourth-order valence-electron chi connectivity index (χ4n) is 4.04. The van der Waals surface area contributed by atoms with Crippen LogP contribution in [0.5, 0.6) is 0 Å². The molecule has 1 aliphatic heterocycles. The lowest BCUT2D eigenvalue weighted by atomic mass is 9.95. The Morgan fingerprint density at radius 3 is 2.55 bits per heavy atom. The van der Waals surface area contributed by atoms with Gasteiger partial charge in [0, 0.05) is 46.9 Å². The number of likely N-dealkylation sites (tertiary alicyclic amines) is 1. The van der Waals surface area contributed by atoms with E-state index in [1.165, 1.54) is 29.2 Å². The maximum absolute atomic E-state index is 13.1. The summed E-state index contributed by atoms with van der Waals surface area (Å²) >= 11 is 0. The highest BCUT2D eigenvalue weighted by atomic mass is 16.6. The number of para-hydroxylation sites is 1. The number of aliphatic hydroxyl groups is 1. The summed E-state index contributed by atoms with van der Waals surface area (Å²) < 4.78 is 5.60. The number of nitrogens with one attached hydrogen (secondary N) is 1. The van der Waals surface area contributed by atoms with Crippen molar-refractivity contribution >= 4 is 34.0 Å². The van der Waals surface area contributed by atoms with E-state index < -0.39 is 22.7 Å². The number of aromatic amines is 1. The summed E-state index contributed by atoms with van der Waals surface area (Å²) in [7, 11) is 0. The normalized spacial score (nSPS) is 17.9. The monoisotopic (exact) mass is 449 g/mol. The standard InChI is InChI=1S/C24H23N3O6/c1-14(2)33-12-11-26-21(18-13-25-19-6-4-3-5-17(18)19)20(23(29)24(26)30)22(28)15-7-9-16(10-8-15)27(31)32/h3-10,13-14,21,25,28H,11-12H2,1-2H3/b22-20+. The number of nitrogens with zero attached hydrogens (tertiary/aromatic N) is 2. The predicted molar refractivity (Wildman–Crippen MR) is 121 cm³/mol. The molecule has 0 bridgehead atoms. The molecule has 1 atom stereocenters. The molecule has 33 heavy (non-hydrogen) atoms. The summed E-state index contributed by atoms with van der Waals surface area (Å²) in [4.78, 5) is 41.0. The average molecular weight is 449 g/mol. The predicted octanol–water partition coefficient (Wildman–Crippen LogP) is 3.92. The highest BCUT2D eigenvalue weighted by molar-refractivity contribution is 6.46. The van der Waals surface area contributed by atoms with Crippen molar-refractivity contribution in [3.05, 3.63) is 81.5 Å². The minimum absolute atomic E-state index is 0.0477. The van der Waals surface area contributed by atoms with Crippen LogP contribution in [0.3, 0.4) is 0 Å². The van der Waals surface area contributed by atoms with E-state index in [2.05, 4.69) is 4.98 Å². The molecule has 3 aromatic rings. The number of hydrogen-bond acceptors (Lipinski definition) is 6. The first-order valence-electron chi connectivity index (χ1n) is 10.5. The van der Waals surface area contributed by atoms with Gasteiger partial charge < -0.3 is 19.7 Å². The van der Waals surface area contributed by atoms with Gasteiger partial charge in [-0.05, 0) is 32.0 Å². The van der Waals surface area contributed by atoms with E-state index in [4.69, 9.17) is 4.74 Å². The van der Waals surface area contributed by atoms with E-state index in [-0.39, 0.29) is 41.8 Å². The van der Waals surface area contributed by atoms with Gasteiger partial charge in [0.25, 0.3) is 17.4 Å². The molecule has 9 nitrogen and oxygen atoms in total. The first-order chi connectivity index (χ1) is 15.8. The Morgan fingerprint density at radius 2 is 1.88 bits per heavy atom. The number of fused-ring (bicyclic) bond motifs is 1. The third kappa shape index (κ3) is 4.10. The van der Waals surface area contributed by atoms with E-state index in [1.807, 2.05) is 38.1 Å². The third-order valence-electron chi connectivity index (χ3n) is 5.59. The molecule has 1 amide bonds. The van der Waals surface area contributed by atoms with Crippen molar-refractivity contribution in [2.45, 2.75) is 26.0 Å². The fourth-order valence-corrected chi connectivity index (χ4v) is 4.04. The smallest absolute Gasteiger partial charge is 0.295 e. The van der Waals surface area contributed by atoms with Crippen molar-refractivity contribution in [1.29, 1.82) is 0 Å². The number of carbonyl (C=O) groups excluding carboxylic acids is 2. The summed E-state index contributed by atoms with van der Waals surface area (Å²) in [5.74, 6) is -1.93. The number of non-ortho nitro benzene ring substituents is 1. The van der Waals surface area contributed by atoms with Crippen LogP contribution in [0.15, 0.2) is 60.3 Å². The van der Waals surface area contributed by atoms with Crippen molar-refractivity contribution < 1.29 is 24.4 Å². The van der Waals surface area contributed by atoms with Gasteiger partial charge in [-0.15, -0.1) is 0 Å². The van der Waals surface area contributed by atoms with Crippen LogP contribution in [0.2, 0.25) is 0 Å². The molecule has 0 radical (unpaired) electrons. The molecule has 2 heterocycles. The molecule has 170 valence electrons. The zero-order chi connectivity index (χ0) is 23.7. The van der Waals surface area contributed by atoms with E-state index >= 15 is 0 Å². The third-order valence-corrected chi connectivity index (χ3v) is 5.59. The molecular weight excluding hydrogens is 426 g/mol. The minimum Gasteiger partial charge on any atom is -0.507 e. The number of benzene rings is 2. The van der Waals surface area contributed by atoms with Gasteiger partial charge >= 0.3 is 0 Å². The van der Waals surface area contributed by atoms with Crippen molar-refractivity contribution in [3.63, 3.8) is 0 Å². The van der Waals surface area contributed by atoms with Crippen molar-refractivity contribution in [3.8, 4) is 0 Å². The van der Waals surface area contributed by atoms with Crippen LogP contribution in [-0.4, -0.2) is 50.9 Å². The van der Waals surface area contributed by atoms with E-state index in [1.54, 1.807) is 6.20 Å². The van der Waals surface area contributed by atoms with Crippen LogP contribution in [0.4, 0.5) is 5.69 Å². The van der Waals surface area contributed by atoms with E-state index in [0.717, 1.165) is 10.9 Å². The zero-order valence-electron chi connectivity index (χ0n) is 18.1. The van der Waals surface area contributed by atoms with Gasteiger partial charge in [0.15, 0.2) is 0 Å². The summed E-state index contributed by atoms with van der Waals surface area (Å²) in [6, 6.07) is 11.8. The Morgan fingerprint density at radius 1 is 1.18 bits per heavy atom. The number of Topliss-reactive ketones (excluding diaryl/α,β-unsaturated/α-hetero) is 1. The lowest BCUT2D eigenvalue weighted by molar-refractivity contribution is -0.384. The first-order valence-corrected chi connectivity index (χ1v) is 10.5. The zero-order valence-corrected chi connectivity index (χ0v) is 18.1. The molecule has 1 aromatic heterocycles. The molecule has 2 aromatic carbocycles. The van der Waals surface area contributed by atoms with Gasteiger partial charge in [-0.2, -0.15) is 0 Å². The van der Waals surface area contributed by atoms with Crippen molar-refractivity contribution in [2.24, 2.45) is 0 Å². The van der Waals surface area contributed by atoms with Gasteiger partial charge in [0.1, 0.15) is 5.76 Å². The van der Waals surface area contributed by atoms with Crippen LogP contribution in [0, 0.1) is 10.1 Å². The van der Waals surface area contributed by atoms with Gasteiger partial charge in [0.2, 0.25) is 0 Å². The molecular formula is C24H23N3O6. The second-order valence-corrected chi connectivity index (χ2v) is 8.01. The summed E-state index contributed by atoms with van der Waals surface area (Å²) in [5, 5.41) is 22.9. The molecule has 2 N–H and O–H groups in total. The highest BCUT2D eigenvalue weighted by Gasteiger charge is 2.46. The maximum atomic E-state index is 13.1. The first kappa shape index (κ1) is 22.2. The Hall–Kier alpha value is -3.98. The highest BCUT2D eigenvalue weighted by Crippen LogP contribution is 2.41. The summed E-state index contributed by atoms with van der Waals surface area (Å²) in [6.07, 6.45) is 1.68. The average Bonchev–Trinajstić information content (AvgIpc) is 3.32. The maximum Gasteiger partial charge on any atom is 0.295 e. The number of H-pyrrole nitrogens is 1. The van der Waals surface area contributed by atoms with Crippen LogP contribution in [0.1, 0.15) is 31.0 Å². The number of aliphatic hydroxyl groups excluding tert-OH is 1. The number of aromatic nitrogens is 1. The van der Waals surface area contributed by atoms with Gasteiger partial charge in [0.05, 0.1) is 29.2 Å². The summed E-state index contributed by atoms with van der Waals surface area (Å²) in [6.45, 7) is 4.13. The number of nitro benzene ring substituents is 1. The van der Waals surface area contributed by atoms with Gasteiger partial charge in [-0.25, -0.2) is 0 Å². The second kappa shape index (κ2) is 8.87. The van der Waals surface area contributed by atoms with Crippen LogP contribution in [-0.2, 0) is 14.3 Å². The van der Waals surface area contributed by atoms with Gasteiger partial charge in [-0.1, -0.05) is 18.2 Å². The number of carbonyl (C=O) groups is 2. The molecule has 0 spiro atoms. The number of ether oxygens (including phenoxy) is 1. The molecule has 0 aliphatic carbocycles. The largest absolute Gasteiger partial charge is 0.507 e. The molecule has 1 saturated heterocycles. The molecule has 0 saturated carbocycles. The molecule has 1 fully saturated rings. The number of rotatable bonds is 7. The Labute approximate surface area is 189 Å². The molecule has 4 rings (SSSR count). The molecule has 1 unspecified atom stereocenters. The second-order valence-electron chi connectivity index (χ2n) is 8.01. The topological polar surface area (TPSA) is 126 Å². The lowest BCUT2D eigenvalue weighted by Crippen LogP contribution is -2.33. The number of amides is 1. The van der Waals surface area contributed by atoms with Crippen LogP contribution < -0.4 is 0 Å². The summed E-state index contributed by atoms with van der Waals surface area (Å²) in [5.41, 5.74) is 1.49. The van der Waals surface area contributed by atoms with E-state index in [9.17, 15) is 24.8 Å². The quantitative estimate of drug-likeness (QED) is 0.185. The van der Waals surface area contributed by atoms with Gasteiger partial charge in [-0.3, -0.25) is 19.7 Å². The van der Waals surface area contributed by atoms with E-state index in [0.29, 0.717) is 5.56 Å². The van der Waals surface area contributed by atoms with Crippen molar-refractivity contribution in [2.75, 3.05) is 13.2 Å². The molecule has 1 aliphatic rings. The van der Waals surface area contributed by atoms with Crippen LogP contribution >= 0.6 is 0 Å². The van der Waals surface area contributed by atoms with Crippen LogP contribution in [0.25, 0.3) is 16.7 Å². The Balaban J connectivity index is 1.84. The molecule has 9 heteroatoms. The fraction of sp³-hybridized carbons (Fsp3) is 0.250. The SMILES string of the molecule is CC(C)OCCN1C(=O)C(=O)/C(=C(/O)c2ccc([N+](=O)[O-])cc2)C1c1c[nH]c2ccccc12. The number of nitro groups is 1.